The second kappa shape index (κ2) is 12.1. The summed E-state index contributed by atoms with van der Waals surface area (Å²) < 4.78 is 0. The van der Waals surface area contributed by atoms with Crippen molar-refractivity contribution in [3.63, 3.8) is 0 Å². The van der Waals surface area contributed by atoms with E-state index >= 15 is 0 Å². The molecule has 0 saturated carbocycles. The van der Waals surface area contributed by atoms with Crippen molar-refractivity contribution in [2.75, 3.05) is 13.2 Å². The van der Waals surface area contributed by atoms with Crippen LogP contribution in [0.25, 0.3) is 0 Å². The van der Waals surface area contributed by atoms with Gasteiger partial charge in [-0.25, -0.2) is 19.6 Å². The lowest BCUT2D eigenvalue weighted by molar-refractivity contribution is -0.644. The molecular weight excluding hydrogens is 228 g/mol. The van der Waals surface area contributed by atoms with E-state index in [1.165, 1.54) is 0 Å². The highest BCUT2D eigenvalue weighted by atomic mass is 17.7. The molecular formula is C7H14O9. The second-order valence-electron chi connectivity index (χ2n) is 2.33. The van der Waals surface area contributed by atoms with Crippen LogP contribution in [0.3, 0.4) is 0 Å². The van der Waals surface area contributed by atoms with Crippen LogP contribution in [0.5, 0.6) is 0 Å². The molecule has 0 heterocycles. The summed E-state index contributed by atoms with van der Waals surface area (Å²) in [5, 5.41) is 15.5. The van der Waals surface area contributed by atoms with Gasteiger partial charge in [0.05, 0.1) is 13.2 Å². The molecule has 0 radical (unpaired) electrons. The number of rotatable bonds is 10. The first kappa shape index (κ1) is 15.0. The summed E-state index contributed by atoms with van der Waals surface area (Å²) in [6.45, 7) is 4.26. The minimum absolute atomic E-state index is 0.281. The summed E-state index contributed by atoms with van der Waals surface area (Å²) in [4.78, 5) is 26.9. The van der Waals surface area contributed by atoms with Crippen molar-refractivity contribution in [3.05, 3.63) is 0 Å². The first-order valence-corrected chi connectivity index (χ1v) is 4.60. The Bertz CT molecular complexity index is 146. The molecule has 0 rings (SSSR count). The second-order valence-corrected chi connectivity index (χ2v) is 2.33. The molecule has 0 aliphatic carbocycles. The van der Waals surface area contributed by atoms with Crippen molar-refractivity contribution in [1.82, 2.24) is 0 Å². The molecule has 9 heteroatoms. The number of carbonyl (C=O) groups excluding carboxylic acids is 1. The highest BCUT2D eigenvalue weighted by Crippen LogP contribution is 1.92. The number of hydrogen-bond acceptors (Lipinski definition) is 9. The Labute approximate surface area is 91.6 Å². The van der Waals surface area contributed by atoms with Crippen LogP contribution in [0.2, 0.25) is 0 Å². The fourth-order valence-electron chi connectivity index (χ4n) is 0.371. The molecule has 0 aliphatic rings. The third kappa shape index (κ3) is 11.1. The number of hydrogen-bond donors (Lipinski definition) is 0. The van der Waals surface area contributed by atoms with Crippen LogP contribution in [0, 0.1) is 0 Å². The van der Waals surface area contributed by atoms with Gasteiger partial charge in [0.1, 0.15) is 0 Å². The monoisotopic (exact) mass is 242 g/mol. The van der Waals surface area contributed by atoms with Gasteiger partial charge < -0.3 is 0 Å². The van der Waals surface area contributed by atoms with E-state index in [9.17, 15) is 4.79 Å². The van der Waals surface area contributed by atoms with Crippen LogP contribution in [-0.2, 0) is 39.7 Å². The van der Waals surface area contributed by atoms with Gasteiger partial charge in [0.15, 0.2) is 0 Å². The molecule has 0 spiro atoms. The summed E-state index contributed by atoms with van der Waals surface area (Å²) in [7, 11) is 0. The van der Waals surface area contributed by atoms with E-state index in [1.807, 2.05) is 13.8 Å². The SMILES string of the molecule is CCCOOOOC(=O)OOOOCCC. The molecule has 0 fully saturated rings. The first-order chi connectivity index (χ1) is 7.81. The first-order valence-electron chi connectivity index (χ1n) is 4.60. The molecule has 0 aromatic heterocycles. The van der Waals surface area contributed by atoms with Gasteiger partial charge in [-0.1, -0.05) is 13.8 Å². The summed E-state index contributed by atoms with van der Waals surface area (Å²) in [5.41, 5.74) is 0. The molecule has 0 amide bonds. The summed E-state index contributed by atoms with van der Waals surface area (Å²) >= 11 is 0. The molecule has 0 N–H and O–H groups in total. The van der Waals surface area contributed by atoms with E-state index in [0.717, 1.165) is 0 Å². The maximum atomic E-state index is 10.5. The van der Waals surface area contributed by atoms with Gasteiger partial charge in [0.2, 0.25) is 0 Å². The predicted octanol–water partition coefficient (Wildman–Crippen LogP) is 1.55. The van der Waals surface area contributed by atoms with Gasteiger partial charge >= 0.3 is 6.16 Å². The fraction of sp³-hybridized carbons (Fsp3) is 0.857. The van der Waals surface area contributed by atoms with Crippen LogP contribution in [0.4, 0.5) is 4.79 Å². The maximum absolute atomic E-state index is 10.5. The van der Waals surface area contributed by atoms with Gasteiger partial charge in [-0.05, 0) is 22.9 Å². The molecule has 96 valence electrons. The van der Waals surface area contributed by atoms with Crippen molar-refractivity contribution in [3.8, 4) is 0 Å². The standard InChI is InChI=1S/C7H14O9/c1-3-5-9-13-15-11-7(8)12-16-14-10-6-4-2/h3-6H2,1-2H3. The zero-order valence-corrected chi connectivity index (χ0v) is 9.00. The smallest absolute Gasteiger partial charge is 0.224 e. The third-order valence-electron chi connectivity index (χ3n) is 0.931. The molecule has 0 unspecified atom stereocenters. The average molecular weight is 242 g/mol. The van der Waals surface area contributed by atoms with Crippen molar-refractivity contribution >= 4 is 6.16 Å². The minimum atomic E-state index is -1.36. The Morgan fingerprint density at radius 2 is 1.25 bits per heavy atom. The fourth-order valence-corrected chi connectivity index (χ4v) is 0.371. The Balaban J connectivity index is 3.12. The van der Waals surface area contributed by atoms with Gasteiger partial charge in [0.25, 0.3) is 0 Å². The molecule has 0 aromatic rings. The zero-order valence-electron chi connectivity index (χ0n) is 9.00. The van der Waals surface area contributed by atoms with Crippen molar-refractivity contribution in [2.24, 2.45) is 0 Å². The molecule has 0 aliphatic heterocycles. The van der Waals surface area contributed by atoms with E-state index in [2.05, 4.69) is 39.7 Å². The van der Waals surface area contributed by atoms with Gasteiger partial charge in [-0.15, -0.1) is 0 Å². The van der Waals surface area contributed by atoms with E-state index < -0.39 is 6.16 Å². The highest BCUT2D eigenvalue weighted by molar-refractivity contribution is 5.57. The summed E-state index contributed by atoms with van der Waals surface area (Å²) in [6.07, 6.45) is 0.0548. The van der Waals surface area contributed by atoms with E-state index in [-0.39, 0.29) is 13.2 Å². The zero-order chi connectivity index (χ0) is 12.1. The predicted molar refractivity (Wildman–Crippen MR) is 44.4 cm³/mol. The van der Waals surface area contributed by atoms with Crippen molar-refractivity contribution in [1.29, 1.82) is 0 Å². The third-order valence-corrected chi connectivity index (χ3v) is 0.931. The van der Waals surface area contributed by atoms with Crippen LogP contribution < -0.4 is 0 Å². The van der Waals surface area contributed by atoms with Crippen molar-refractivity contribution in [2.45, 2.75) is 26.7 Å². The van der Waals surface area contributed by atoms with E-state index in [4.69, 9.17) is 0 Å². The van der Waals surface area contributed by atoms with Gasteiger partial charge in [-0.2, -0.15) is 4.79 Å². The van der Waals surface area contributed by atoms with Crippen LogP contribution >= 0.6 is 0 Å². The molecule has 0 bridgehead atoms. The molecule has 16 heavy (non-hydrogen) atoms. The largest absolute Gasteiger partial charge is 0.577 e. The van der Waals surface area contributed by atoms with Crippen LogP contribution in [-0.4, -0.2) is 19.4 Å². The maximum Gasteiger partial charge on any atom is 0.577 e. The quantitative estimate of drug-likeness (QED) is 0.321. The number of carbonyl (C=O) groups is 1. The molecule has 0 atom stereocenters. The highest BCUT2D eigenvalue weighted by Gasteiger charge is 2.08. The lowest BCUT2D eigenvalue weighted by atomic mass is 10.5. The Morgan fingerprint density at radius 1 is 0.812 bits per heavy atom. The van der Waals surface area contributed by atoms with Gasteiger partial charge in [-0.3, -0.25) is 0 Å². The van der Waals surface area contributed by atoms with E-state index in [1.54, 1.807) is 0 Å². The minimum Gasteiger partial charge on any atom is -0.224 e. The topological polar surface area (TPSA) is 90.9 Å². The lowest BCUT2D eigenvalue weighted by Crippen LogP contribution is -2.10. The molecule has 0 saturated heterocycles. The Morgan fingerprint density at radius 3 is 1.62 bits per heavy atom. The van der Waals surface area contributed by atoms with Crippen LogP contribution in [0.1, 0.15) is 26.7 Å². The van der Waals surface area contributed by atoms with Gasteiger partial charge in [0, 0.05) is 10.1 Å². The van der Waals surface area contributed by atoms with E-state index in [0.29, 0.717) is 12.8 Å². The Hall–Kier alpha value is -0.970. The summed E-state index contributed by atoms with van der Waals surface area (Å²) in [6, 6.07) is 0. The average Bonchev–Trinajstić information content (AvgIpc) is 2.28. The molecule has 0 aromatic carbocycles. The summed E-state index contributed by atoms with van der Waals surface area (Å²) in [5.74, 6) is 0. The lowest BCUT2D eigenvalue weighted by Gasteiger charge is -2.01. The van der Waals surface area contributed by atoms with Crippen molar-refractivity contribution < 1.29 is 44.5 Å². The van der Waals surface area contributed by atoms with Crippen LogP contribution in [0.15, 0.2) is 0 Å². The molecule has 9 nitrogen and oxygen atoms in total. The normalized spacial score (nSPS) is 10.1. The Kier molecular flexibility index (Phi) is 11.4.